The molecule has 0 aliphatic heterocycles. The number of nitrogens with two attached hydrogens (primary N) is 3. The fraction of sp³-hybridized carbons (Fsp3) is 0.586. The van der Waals surface area contributed by atoms with Gasteiger partial charge in [0.25, 0.3) is 0 Å². The fourth-order valence-corrected chi connectivity index (χ4v) is 9.57. The smallest absolute Gasteiger partial charge is 0.326 e. The van der Waals surface area contributed by atoms with E-state index >= 15 is 0 Å². The molecule has 0 aromatic heterocycles. The Morgan fingerprint density at radius 2 is 1.07 bits per heavy atom. The van der Waals surface area contributed by atoms with Gasteiger partial charge in [-0.15, -0.1) is 0 Å². The van der Waals surface area contributed by atoms with E-state index in [2.05, 4.69) is 47.5 Å². The van der Waals surface area contributed by atoms with Crippen molar-refractivity contribution in [2.45, 2.75) is 179 Å². The molecule has 0 radical (unpaired) electrons. The highest BCUT2D eigenvalue weighted by Crippen LogP contribution is 2.30. The van der Waals surface area contributed by atoms with Gasteiger partial charge in [-0.25, -0.2) is 4.79 Å². The molecule has 0 heterocycles. The maximum Gasteiger partial charge on any atom is 0.326 e. The monoisotopic (exact) mass is 1210 g/mol. The lowest BCUT2D eigenvalue weighted by atomic mass is 9.78. The van der Waals surface area contributed by atoms with Crippen LogP contribution >= 0.6 is 0 Å². The van der Waals surface area contributed by atoms with Crippen LogP contribution in [0.25, 0.3) is 0 Å². The lowest BCUT2D eigenvalue weighted by Crippen LogP contribution is -2.61. The summed E-state index contributed by atoms with van der Waals surface area (Å²) in [5, 5.41) is 69.8. The van der Waals surface area contributed by atoms with E-state index in [-0.39, 0.29) is 80.9 Å². The van der Waals surface area contributed by atoms with Crippen molar-refractivity contribution in [2.75, 3.05) is 13.1 Å². The zero-order valence-corrected chi connectivity index (χ0v) is 49.5. The number of carbonyl (C=O) groups is 11. The van der Waals surface area contributed by atoms with Crippen molar-refractivity contribution >= 4 is 71.1 Å². The largest absolute Gasteiger partial charge is 0.508 e. The molecule has 0 bridgehead atoms. The first kappa shape index (κ1) is 71.7. The predicted molar refractivity (Wildman–Crippen MR) is 314 cm³/mol. The van der Waals surface area contributed by atoms with Crippen LogP contribution in [0.2, 0.25) is 0 Å². The summed E-state index contributed by atoms with van der Waals surface area (Å²) in [4.78, 5) is 151. The van der Waals surface area contributed by atoms with Crippen molar-refractivity contribution in [1.29, 1.82) is 0 Å². The van der Waals surface area contributed by atoms with Crippen LogP contribution in [0.15, 0.2) is 53.5 Å². The van der Waals surface area contributed by atoms with E-state index in [4.69, 9.17) is 17.2 Å². The van der Waals surface area contributed by atoms with E-state index < -0.39 is 138 Å². The zero-order valence-electron chi connectivity index (χ0n) is 49.5. The molecule has 11 atom stereocenters. The molecule has 86 heavy (non-hydrogen) atoms. The molecule has 0 saturated heterocycles. The van der Waals surface area contributed by atoms with Gasteiger partial charge in [-0.2, -0.15) is 0 Å². The number of carbonyl (C=O) groups excluding carboxylic acids is 8. The second-order valence-electron chi connectivity index (χ2n) is 22.2. The fourth-order valence-electron chi connectivity index (χ4n) is 9.57. The Bertz CT molecular complexity index is 2650. The second kappa shape index (κ2) is 36.3. The van der Waals surface area contributed by atoms with E-state index in [0.29, 0.717) is 43.2 Å². The topological polar surface area (TPSA) is 476 Å². The first-order valence-electron chi connectivity index (χ1n) is 29.0. The number of benzene rings is 2. The van der Waals surface area contributed by atoms with Gasteiger partial charge in [0.2, 0.25) is 47.3 Å². The number of aliphatic carboxylic acids is 3. The standard InChI is InChI=1S/C58H88N12O16/c1-6-32(4)47(55(82)64-33(5)48(75)66-42(57(85)86)15-11-27-63-58(60)61)70-51(78)41(24-25-46(73)74)65-53(80)45(30-35-18-22-37(72)23-19-35)69-52(79)43(28-31(2)3)68-54(81)44(29-34-16-20-36(71)21-17-34)67-50(77)40(59)14-9-10-26-62-49(76)38-12-7-8-13-39(38)56(83)84/h16-23,31-33,38-45,47,71-72H,6-15,24-30,59H2,1-5H3,(H,62,76)(H,64,82)(H,65,80)(H,66,75)(H,67,77)(H,68,81)(H,69,79)(H,70,78)(H,73,74)(H,83,84)(H,85,86)(H4,60,61,63)/t32-,33-,38?,39?,40-,41-,42-,43-,44-,45-,47-/m0/s1. The summed E-state index contributed by atoms with van der Waals surface area (Å²) in [6, 6.07) is 0.242. The first-order valence-corrected chi connectivity index (χ1v) is 29.0. The van der Waals surface area contributed by atoms with Gasteiger partial charge < -0.3 is 85.3 Å². The number of nitrogens with zero attached hydrogens (tertiary/aromatic N) is 1. The van der Waals surface area contributed by atoms with Crippen LogP contribution in [0, 0.1) is 23.7 Å². The van der Waals surface area contributed by atoms with Crippen molar-refractivity contribution in [3.8, 4) is 11.5 Å². The molecule has 0 spiro atoms. The maximum atomic E-state index is 14.5. The van der Waals surface area contributed by atoms with E-state index in [1.54, 1.807) is 27.7 Å². The van der Waals surface area contributed by atoms with Gasteiger partial charge in [-0.1, -0.05) is 71.2 Å². The zero-order chi connectivity index (χ0) is 64.2. The van der Waals surface area contributed by atoms with Crippen molar-refractivity contribution in [2.24, 2.45) is 45.9 Å². The van der Waals surface area contributed by atoms with Crippen molar-refractivity contribution in [3.05, 3.63) is 59.7 Å². The van der Waals surface area contributed by atoms with Gasteiger partial charge in [0, 0.05) is 32.4 Å². The molecule has 1 saturated carbocycles. The number of nitrogens with one attached hydrogen (secondary N) is 8. The summed E-state index contributed by atoms with van der Waals surface area (Å²) < 4.78 is 0. The van der Waals surface area contributed by atoms with Gasteiger partial charge in [-0.3, -0.25) is 52.9 Å². The lowest BCUT2D eigenvalue weighted by Gasteiger charge is -2.29. The Labute approximate surface area is 499 Å². The number of phenolic OH excluding ortho intramolecular Hbond substituents is 2. The number of guanidine groups is 1. The number of unbranched alkanes of at least 4 members (excludes halogenated alkanes) is 1. The Morgan fingerprint density at radius 1 is 0.570 bits per heavy atom. The molecule has 3 rings (SSSR count). The maximum absolute atomic E-state index is 14.5. The highest BCUT2D eigenvalue weighted by atomic mass is 16.4. The van der Waals surface area contributed by atoms with Crippen LogP contribution in [0.3, 0.4) is 0 Å². The molecular weight excluding hydrogens is 1120 g/mol. The second-order valence-corrected chi connectivity index (χ2v) is 22.2. The quantitative estimate of drug-likeness (QED) is 0.0238. The Morgan fingerprint density at radius 3 is 1.58 bits per heavy atom. The van der Waals surface area contributed by atoms with Crippen LogP contribution in [0.4, 0.5) is 0 Å². The third-order valence-electron chi connectivity index (χ3n) is 14.7. The summed E-state index contributed by atoms with van der Waals surface area (Å²) in [6.45, 7) is 8.44. The molecule has 1 aliphatic carbocycles. The Hall–Kier alpha value is -8.56. The normalized spacial score (nSPS) is 17.0. The average Bonchev–Trinajstić information content (AvgIpc) is 2.41. The summed E-state index contributed by atoms with van der Waals surface area (Å²) >= 11 is 0. The molecule has 28 nitrogen and oxygen atoms in total. The highest BCUT2D eigenvalue weighted by Gasteiger charge is 2.37. The van der Waals surface area contributed by atoms with Gasteiger partial charge in [-0.05, 0) is 112 Å². The van der Waals surface area contributed by atoms with Gasteiger partial charge in [0.05, 0.1) is 17.9 Å². The van der Waals surface area contributed by atoms with Gasteiger partial charge >= 0.3 is 17.9 Å². The molecule has 1 aliphatic rings. The molecule has 8 amide bonds. The number of hydrogen-bond donors (Lipinski definition) is 16. The van der Waals surface area contributed by atoms with Crippen LogP contribution in [0.5, 0.6) is 11.5 Å². The number of aromatic hydroxyl groups is 2. The Balaban J connectivity index is 1.85. The van der Waals surface area contributed by atoms with Crippen molar-refractivity contribution < 1.29 is 78.3 Å². The minimum Gasteiger partial charge on any atom is -0.508 e. The minimum absolute atomic E-state index is 0.0113. The molecule has 2 aromatic carbocycles. The molecule has 2 unspecified atom stereocenters. The van der Waals surface area contributed by atoms with Crippen LogP contribution < -0.4 is 59.7 Å². The number of carboxylic acid groups (broad SMARTS) is 3. The number of aliphatic imine (C=N–C) groups is 1. The molecule has 1 fully saturated rings. The third kappa shape index (κ3) is 25.3. The number of phenols is 2. The minimum atomic E-state index is -1.66. The predicted octanol–water partition coefficient (Wildman–Crippen LogP) is -0.104. The van der Waals surface area contributed by atoms with Gasteiger partial charge in [0.1, 0.15) is 53.8 Å². The van der Waals surface area contributed by atoms with Crippen molar-refractivity contribution in [1.82, 2.24) is 42.5 Å². The van der Waals surface area contributed by atoms with E-state index in [0.717, 1.165) is 12.8 Å². The number of hydrogen-bond acceptors (Lipinski definition) is 15. The van der Waals surface area contributed by atoms with E-state index in [9.17, 15) is 78.3 Å². The summed E-state index contributed by atoms with van der Waals surface area (Å²) in [7, 11) is 0. The van der Waals surface area contributed by atoms with Crippen LogP contribution in [-0.2, 0) is 65.6 Å². The third-order valence-corrected chi connectivity index (χ3v) is 14.7. The molecule has 19 N–H and O–H groups in total. The summed E-state index contributed by atoms with van der Waals surface area (Å²) in [5.74, 6) is -12.9. The molecule has 28 heteroatoms. The number of carboxylic acids is 3. The number of amides is 8. The average molecular weight is 1210 g/mol. The summed E-state index contributed by atoms with van der Waals surface area (Å²) in [6.07, 6.45) is 2.13. The van der Waals surface area contributed by atoms with E-state index in [1.807, 2.05) is 0 Å². The molecule has 2 aromatic rings. The SMILES string of the molecule is CC[C@H](C)[C@H](NC(=O)[C@H](CCC(=O)O)NC(=O)[C@H](Cc1ccc(O)cc1)NC(=O)[C@H](CC(C)C)NC(=O)[C@H](Cc1ccc(O)cc1)NC(=O)[C@@H](N)CCCCNC(=O)C1CCCCC1C(=O)O)C(=O)N[C@@H](C)C(=O)N[C@@H](CCCN=C(N)N)C(=O)O. The summed E-state index contributed by atoms with van der Waals surface area (Å²) in [5.41, 5.74) is 17.9. The lowest BCUT2D eigenvalue weighted by molar-refractivity contribution is -0.149. The first-order chi connectivity index (χ1) is 40.6. The van der Waals surface area contributed by atoms with Crippen molar-refractivity contribution in [3.63, 3.8) is 0 Å². The van der Waals surface area contributed by atoms with Gasteiger partial charge in [0.15, 0.2) is 5.96 Å². The van der Waals surface area contributed by atoms with E-state index in [1.165, 1.54) is 55.5 Å². The van der Waals surface area contributed by atoms with Crippen LogP contribution in [-0.4, -0.2) is 158 Å². The Kier molecular flexibility index (Phi) is 30.3. The number of rotatable bonds is 37. The molecule has 476 valence electrons. The molecular formula is C58H88N12O16. The van der Waals surface area contributed by atoms with Crippen LogP contribution in [0.1, 0.15) is 129 Å². The highest BCUT2D eigenvalue weighted by molar-refractivity contribution is 5.98.